The van der Waals surface area contributed by atoms with E-state index in [1.807, 2.05) is 45.0 Å². The van der Waals surface area contributed by atoms with Gasteiger partial charge in [0.1, 0.15) is 48.0 Å². The number of aromatic nitrogens is 2. The predicted octanol–water partition coefficient (Wildman–Crippen LogP) is 3.95. The third kappa shape index (κ3) is 11.2. The van der Waals surface area contributed by atoms with Crippen molar-refractivity contribution >= 4 is 29.2 Å². The minimum absolute atomic E-state index is 0.0212. The van der Waals surface area contributed by atoms with Gasteiger partial charge in [-0.1, -0.05) is 38.1 Å². The molecule has 17 heteroatoms. The van der Waals surface area contributed by atoms with Gasteiger partial charge >= 0.3 is 5.97 Å². The first-order valence-electron chi connectivity index (χ1n) is 21.4. The van der Waals surface area contributed by atoms with Gasteiger partial charge in [0.15, 0.2) is 12.1 Å². The van der Waals surface area contributed by atoms with Crippen LogP contribution in [-0.2, 0) is 49.5 Å². The number of nitrogens with two attached hydrogens (primary N) is 1. The van der Waals surface area contributed by atoms with Crippen molar-refractivity contribution in [3.8, 4) is 11.4 Å². The lowest BCUT2D eigenvalue weighted by atomic mass is 9.76. The highest BCUT2D eigenvalue weighted by Gasteiger charge is 2.52. The minimum atomic E-state index is -1.88. The SMILES string of the molecule is CC[C@H]1OC(=O)[C@H](C)C(=O)[C@H](C)[C@@H](O[C@@H]2O[C@H](C)C[C@H](N(C)C)[C@H]2O)[C@@]2(C)C[C@@H](C)/C(NC(C)=O)=C(/C)[C@@H](OCC(=NOCc3ccc(-c4cccc(N)n4)nc3)CO2)[C@]1(C)O. The smallest absolute Gasteiger partial charge is 0.316 e. The molecule has 1 amide bonds. The van der Waals surface area contributed by atoms with Crippen LogP contribution in [0.25, 0.3) is 11.4 Å². The molecule has 0 saturated carbocycles. The number of rotatable bonds is 9. The Balaban J connectivity index is 1.63. The van der Waals surface area contributed by atoms with Crippen LogP contribution >= 0.6 is 0 Å². The highest BCUT2D eigenvalue weighted by Crippen LogP contribution is 2.40. The monoisotopic (exact) mass is 866 g/mol. The molecule has 12 atom stereocenters. The summed E-state index contributed by atoms with van der Waals surface area (Å²) < 4.78 is 32.5. The van der Waals surface area contributed by atoms with E-state index >= 15 is 0 Å². The Hall–Kier alpha value is -4.36. The van der Waals surface area contributed by atoms with Gasteiger partial charge < -0.3 is 54.7 Å². The quantitative estimate of drug-likeness (QED) is 0.159. The van der Waals surface area contributed by atoms with E-state index in [0.717, 1.165) is 0 Å². The molecular weight excluding hydrogens is 801 g/mol. The molecule has 0 unspecified atom stereocenters. The van der Waals surface area contributed by atoms with Crippen LogP contribution in [0.1, 0.15) is 87.1 Å². The molecule has 1 saturated heterocycles. The second-order valence-corrected chi connectivity index (χ2v) is 17.7. The Morgan fingerprint density at radius 1 is 1.10 bits per heavy atom. The number of hydrogen-bond acceptors (Lipinski definition) is 16. The van der Waals surface area contributed by atoms with Crippen molar-refractivity contribution < 1.29 is 53.1 Å². The summed E-state index contributed by atoms with van der Waals surface area (Å²) in [4.78, 5) is 58.0. The lowest BCUT2D eigenvalue weighted by Crippen LogP contribution is -2.59. The first-order chi connectivity index (χ1) is 29.2. The van der Waals surface area contributed by atoms with E-state index < -0.39 is 71.4 Å². The van der Waals surface area contributed by atoms with E-state index in [1.165, 1.54) is 20.8 Å². The highest BCUT2D eigenvalue weighted by atomic mass is 16.7. The number of amides is 1. The Labute approximate surface area is 364 Å². The lowest BCUT2D eigenvalue weighted by molar-refractivity contribution is -0.296. The maximum absolute atomic E-state index is 14.5. The second-order valence-electron chi connectivity index (χ2n) is 17.7. The maximum atomic E-state index is 14.5. The van der Waals surface area contributed by atoms with Crippen molar-refractivity contribution in [3.63, 3.8) is 0 Å². The number of carbonyl (C=O) groups excluding carboxylic acids is 3. The number of hydrogen-bond donors (Lipinski definition) is 4. The summed E-state index contributed by atoms with van der Waals surface area (Å²) in [5, 5.41) is 31.6. The number of anilines is 1. The number of likely N-dealkylation sites (N-methyl/N-ethyl adjacent to an activating group) is 1. The number of aliphatic hydroxyl groups excluding tert-OH is 1. The van der Waals surface area contributed by atoms with Gasteiger partial charge in [0, 0.05) is 36.3 Å². The number of carbonyl (C=O) groups is 3. The molecule has 62 heavy (non-hydrogen) atoms. The summed E-state index contributed by atoms with van der Waals surface area (Å²) in [7, 11) is 3.73. The van der Waals surface area contributed by atoms with Gasteiger partial charge in [0.25, 0.3) is 0 Å². The van der Waals surface area contributed by atoms with E-state index in [9.17, 15) is 24.6 Å². The van der Waals surface area contributed by atoms with Crippen LogP contribution in [-0.4, -0.2) is 130 Å². The van der Waals surface area contributed by atoms with Crippen LogP contribution < -0.4 is 11.1 Å². The third-order valence-corrected chi connectivity index (χ3v) is 12.3. The van der Waals surface area contributed by atoms with Gasteiger partial charge in [0.05, 0.1) is 42.4 Å². The Morgan fingerprint density at radius 3 is 2.45 bits per heavy atom. The fraction of sp³-hybridized carbons (Fsp3) is 0.644. The van der Waals surface area contributed by atoms with Gasteiger partial charge in [-0.2, -0.15) is 0 Å². The zero-order chi connectivity index (χ0) is 45.7. The van der Waals surface area contributed by atoms with E-state index in [2.05, 4.69) is 20.4 Å². The number of aliphatic hydroxyl groups is 2. The molecule has 0 aromatic carbocycles. The largest absolute Gasteiger partial charge is 0.459 e. The van der Waals surface area contributed by atoms with Crippen LogP contribution in [0, 0.1) is 17.8 Å². The molecule has 3 aliphatic heterocycles. The summed E-state index contributed by atoms with van der Waals surface area (Å²) >= 11 is 0. The Kier molecular flexibility index (Phi) is 16.0. The normalized spacial score (nSPS) is 36.0. The number of Topliss-reactive ketones (excluding diaryl/α,β-unsaturated/α-hetero) is 1. The van der Waals surface area contributed by atoms with Crippen LogP contribution in [0.2, 0.25) is 0 Å². The number of fused-ring (bicyclic) bond motifs is 4. The molecule has 0 radical (unpaired) electrons. The molecule has 0 aliphatic carbocycles. The van der Waals surface area contributed by atoms with Crippen molar-refractivity contribution in [1.29, 1.82) is 0 Å². The number of nitrogens with one attached hydrogen (secondary N) is 1. The standard InChI is InChI=1S/C45H66N6O11/c1-12-35-45(9,56)41-26(4)37(48-29(7)52)24(2)19-44(8,40(27(5)38(53)28(6)42(55)61-35)62-43-39(54)34(51(10)11)18-25(3)60-43)58-23-31(22-57-41)50-59-21-30-16-17-32(47-20-30)33-14-13-15-36(46)49-33/h13-17,20,24-25,27-28,34-35,39-41,43,54,56H,12,18-19,21-23H2,1-11H3,(H2,46,49)(H,48,52)/b37-26+,50-31?/t24-,25-,27+,28-,34+,35-,39-,40-,41-,43+,44-,45-/m1/s1. The molecule has 2 aromatic rings. The average molecular weight is 867 g/mol. The van der Waals surface area contributed by atoms with Crippen molar-refractivity contribution in [2.45, 2.75) is 142 Å². The summed E-state index contributed by atoms with van der Waals surface area (Å²) in [5.41, 5.74) is 5.72. The van der Waals surface area contributed by atoms with Gasteiger partial charge in [0.2, 0.25) is 5.91 Å². The van der Waals surface area contributed by atoms with Gasteiger partial charge in [-0.25, -0.2) is 4.98 Å². The number of allylic oxidation sites excluding steroid dienone is 1. The number of esters is 1. The first-order valence-corrected chi connectivity index (χ1v) is 21.4. The van der Waals surface area contributed by atoms with Crippen LogP contribution in [0.3, 0.4) is 0 Å². The lowest BCUT2D eigenvalue weighted by Gasteiger charge is -2.47. The Morgan fingerprint density at radius 2 is 1.82 bits per heavy atom. The molecule has 5 N–H and O–H groups in total. The fourth-order valence-electron chi connectivity index (χ4n) is 8.89. The number of oxime groups is 1. The Bertz CT molecular complexity index is 1960. The number of pyridine rings is 2. The zero-order valence-electron chi connectivity index (χ0n) is 37.9. The first kappa shape index (κ1) is 48.7. The summed E-state index contributed by atoms with van der Waals surface area (Å²) in [5.74, 6) is -4.15. The molecule has 342 valence electrons. The number of ketones is 1. The molecule has 0 spiro atoms. The zero-order valence-corrected chi connectivity index (χ0v) is 37.9. The topological polar surface area (TPSA) is 226 Å². The van der Waals surface area contributed by atoms with E-state index in [4.69, 9.17) is 34.3 Å². The molecule has 2 bridgehead atoms. The summed E-state index contributed by atoms with van der Waals surface area (Å²) in [6.45, 7) is 14.7. The van der Waals surface area contributed by atoms with Crippen LogP contribution in [0.5, 0.6) is 0 Å². The van der Waals surface area contributed by atoms with Gasteiger partial charge in [-0.3, -0.25) is 19.4 Å². The molecule has 3 aliphatic rings. The molecule has 1 fully saturated rings. The minimum Gasteiger partial charge on any atom is -0.459 e. The number of cyclic esters (lactones) is 1. The molecule has 17 nitrogen and oxygen atoms in total. The molecule has 5 heterocycles. The van der Waals surface area contributed by atoms with Crippen LogP contribution in [0.15, 0.2) is 53.0 Å². The van der Waals surface area contributed by atoms with Crippen molar-refractivity contribution in [2.75, 3.05) is 33.0 Å². The van der Waals surface area contributed by atoms with E-state index in [0.29, 0.717) is 40.5 Å². The second kappa shape index (κ2) is 20.4. The number of ether oxygens (including phenoxy) is 5. The highest BCUT2D eigenvalue weighted by molar-refractivity contribution is 6.00. The van der Waals surface area contributed by atoms with Gasteiger partial charge in [-0.05, 0) is 97.7 Å². The van der Waals surface area contributed by atoms with Crippen molar-refractivity contribution in [1.82, 2.24) is 20.2 Å². The van der Waals surface area contributed by atoms with Crippen LogP contribution in [0.4, 0.5) is 5.82 Å². The summed E-state index contributed by atoms with van der Waals surface area (Å²) in [6, 6.07) is 8.61. The molecular formula is C45H66N6O11. The number of nitrogen functional groups attached to an aromatic ring is 1. The predicted molar refractivity (Wildman–Crippen MR) is 230 cm³/mol. The maximum Gasteiger partial charge on any atom is 0.316 e. The third-order valence-electron chi connectivity index (χ3n) is 12.3. The fourth-order valence-corrected chi connectivity index (χ4v) is 8.89. The summed E-state index contributed by atoms with van der Waals surface area (Å²) in [6.07, 6.45) is -3.61. The molecule has 5 rings (SSSR count). The molecule has 2 aromatic heterocycles. The van der Waals surface area contributed by atoms with Crippen molar-refractivity contribution in [3.05, 3.63) is 53.4 Å². The average Bonchev–Trinajstić information content (AvgIpc) is 3.23. The van der Waals surface area contributed by atoms with Gasteiger partial charge in [-0.15, -0.1) is 0 Å². The van der Waals surface area contributed by atoms with E-state index in [-0.39, 0.29) is 56.4 Å². The van der Waals surface area contributed by atoms with E-state index in [1.54, 1.807) is 52.1 Å². The van der Waals surface area contributed by atoms with Crippen molar-refractivity contribution in [2.24, 2.45) is 22.9 Å². The number of nitrogens with zero attached hydrogens (tertiary/aromatic N) is 4.